The maximum atomic E-state index is 12.4. The Morgan fingerprint density at radius 2 is 2.07 bits per heavy atom. The summed E-state index contributed by atoms with van der Waals surface area (Å²) in [6.45, 7) is 3.11. The minimum Gasteiger partial charge on any atom is -0.451 e. The van der Waals surface area contributed by atoms with Crippen LogP contribution in [-0.4, -0.2) is 28.0 Å². The molecule has 0 aliphatic rings. The van der Waals surface area contributed by atoms with Gasteiger partial charge in [-0.1, -0.05) is 15.9 Å². The maximum absolute atomic E-state index is 12.4. The minimum atomic E-state index is -0.653. The van der Waals surface area contributed by atoms with Crippen LogP contribution >= 0.6 is 27.3 Å². The van der Waals surface area contributed by atoms with Crippen LogP contribution in [0.3, 0.4) is 0 Å². The van der Waals surface area contributed by atoms with Crippen molar-refractivity contribution < 1.29 is 14.3 Å². The van der Waals surface area contributed by atoms with Gasteiger partial charge in [-0.25, -0.2) is 9.78 Å². The molecule has 0 bridgehead atoms. The summed E-state index contributed by atoms with van der Waals surface area (Å²) in [5.74, 6) is -1.10. The zero-order valence-corrected chi connectivity index (χ0v) is 17.2. The maximum Gasteiger partial charge on any atom is 0.349 e. The van der Waals surface area contributed by atoms with E-state index in [0.717, 1.165) is 21.4 Å². The van der Waals surface area contributed by atoms with E-state index in [0.29, 0.717) is 21.5 Å². The zero-order chi connectivity index (χ0) is 19.7. The first-order valence-electron chi connectivity index (χ1n) is 7.95. The van der Waals surface area contributed by atoms with Gasteiger partial charge in [-0.05, 0) is 43.2 Å². The Morgan fingerprint density at radius 1 is 1.33 bits per heavy atom. The number of rotatable bonds is 4. The smallest absolute Gasteiger partial charge is 0.349 e. The number of nitrogens with zero attached hydrogens (tertiary/aromatic N) is 2. The first kappa shape index (κ1) is 19.2. The Hall–Kier alpha value is -2.52. The van der Waals surface area contributed by atoms with Crippen LogP contribution in [0.4, 0.5) is 5.69 Å². The van der Waals surface area contributed by atoms with Gasteiger partial charge < -0.3 is 14.6 Å². The predicted molar refractivity (Wildman–Crippen MR) is 107 cm³/mol. The lowest BCUT2D eigenvalue weighted by Gasteiger charge is -2.09. The van der Waals surface area contributed by atoms with Crippen molar-refractivity contribution in [1.29, 1.82) is 0 Å². The number of halogens is 1. The lowest BCUT2D eigenvalue weighted by atomic mass is 10.2. The van der Waals surface area contributed by atoms with E-state index in [2.05, 4.69) is 26.2 Å². The molecule has 3 rings (SSSR count). The van der Waals surface area contributed by atoms with Crippen LogP contribution in [-0.2, 0) is 16.6 Å². The predicted octanol–water partition coefficient (Wildman–Crippen LogP) is 3.17. The Balaban J connectivity index is 1.71. The van der Waals surface area contributed by atoms with Crippen molar-refractivity contribution in [2.75, 3.05) is 11.9 Å². The van der Waals surface area contributed by atoms with Crippen molar-refractivity contribution in [2.24, 2.45) is 7.05 Å². The summed E-state index contributed by atoms with van der Waals surface area (Å²) in [7, 11) is 1.60. The van der Waals surface area contributed by atoms with Crippen molar-refractivity contribution >= 4 is 55.0 Å². The van der Waals surface area contributed by atoms with Gasteiger partial charge >= 0.3 is 5.97 Å². The molecule has 0 atom stereocenters. The third-order valence-corrected chi connectivity index (χ3v) is 5.67. The van der Waals surface area contributed by atoms with Crippen LogP contribution in [0, 0.1) is 13.8 Å². The summed E-state index contributed by atoms with van der Waals surface area (Å²) >= 11 is 4.44. The summed E-state index contributed by atoms with van der Waals surface area (Å²) in [6.07, 6.45) is 1.41. The molecule has 2 aromatic heterocycles. The van der Waals surface area contributed by atoms with E-state index >= 15 is 0 Å². The Labute approximate surface area is 167 Å². The highest BCUT2D eigenvalue weighted by Crippen LogP contribution is 2.27. The van der Waals surface area contributed by atoms with Gasteiger partial charge in [0.2, 0.25) is 0 Å². The molecule has 0 spiro atoms. The average molecular weight is 450 g/mol. The monoisotopic (exact) mass is 449 g/mol. The fourth-order valence-electron chi connectivity index (χ4n) is 2.55. The fraction of sp³-hybridized carbons (Fsp3) is 0.222. The standard InChI is InChI=1S/C18H16BrN3O4S/c1-9-6-11(19)4-5-12(9)21-13(23)7-26-18(25)15-10(2)14-16(27-15)20-8-22(3)17(14)24/h4-6,8H,7H2,1-3H3,(H,21,23). The number of aryl methyl sites for hydroxylation is 3. The third kappa shape index (κ3) is 3.93. The molecule has 3 aromatic rings. The van der Waals surface area contributed by atoms with Crippen molar-refractivity contribution in [3.05, 3.63) is 55.4 Å². The molecule has 0 saturated carbocycles. The summed E-state index contributed by atoms with van der Waals surface area (Å²) in [6, 6.07) is 5.44. The number of ether oxygens (including phenoxy) is 1. The Morgan fingerprint density at radius 3 is 2.78 bits per heavy atom. The second kappa shape index (κ2) is 7.61. The molecular formula is C18H16BrN3O4S. The molecular weight excluding hydrogens is 434 g/mol. The van der Waals surface area contributed by atoms with Gasteiger partial charge in [0, 0.05) is 17.2 Å². The van der Waals surface area contributed by atoms with Gasteiger partial charge in [-0.2, -0.15) is 0 Å². The van der Waals surface area contributed by atoms with Gasteiger partial charge in [0.15, 0.2) is 6.61 Å². The molecule has 0 saturated heterocycles. The molecule has 0 unspecified atom stereocenters. The number of nitrogens with one attached hydrogen (secondary N) is 1. The zero-order valence-electron chi connectivity index (χ0n) is 14.8. The highest BCUT2D eigenvalue weighted by molar-refractivity contribution is 9.10. The Bertz CT molecular complexity index is 1120. The summed E-state index contributed by atoms with van der Waals surface area (Å²) in [5, 5.41) is 3.10. The highest BCUT2D eigenvalue weighted by atomic mass is 79.9. The van der Waals surface area contributed by atoms with Crippen LogP contribution in [0.5, 0.6) is 0 Å². The van der Waals surface area contributed by atoms with Crippen LogP contribution in [0.25, 0.3) is 10.2 Å². The summed E-state index contributed by atoms with van der Waals surface area (Å²) < 4.78 is 7.38. The van der Waals surface area contributed by atoms with E-state index in [1.54, 1.807) is 20.0 Å². The molecule has 0 aliphatic heterocycles. The molecule has 0 aliphatic carbocycles. The molecule has 1 N–H and O–H groups in total. The van der Waals surface area contributed by atoms with Crippen LogP contribution in [0.15, 0.2) is 33.8 Å². The Kier molecular flexibility index (Phi) is 5.43. The first-order valence-corrected chi connectivity index (χ1v) is 9.56. The summed E-state index contributed by atoms with van der Waals surface area (Å²) in [4.78, 5) is 41.6. The minimum absolute atomic E-state index is 0.226. The topological polar surface area (TPSA) is 90.3 Å². The number of esters is 1. The number of hydrogen-bond donors (Lipinski definition) is 1. The number of aromatic nitrogens is 2. The number of carbonyl (C=O) groups is 2. The van der Waals surface area contributed by atoms with E-state index in [-0.39, 0.29) is 10.4 Å². The van der Waals surface area contributed by atoms with E-state index in [9.17, 15) is 14.4 Å². The lowest BCUT2D eigenvalue weighted by Crippen LogP contribution is -2.21. The van der Waals surface area contributed by atoms with Crippen molar-refractivity contribution in [3.8, 4) is 0 Å². The molecule has 1 amide bonds. The third-order valence-electron chi connectivity index (χ3n) is 3.99. The molecule has 9 heteroatoms. The number of fused-ring (bicyclic) bond motifs is 1. The van der Waals surface area contributed by atoms with E-state index in [1.165, 1.54) is 10.9 Å². The number of amides is 1. The number of benzene rings is 1. The van der Waals surface area contributed by atoms with Gasteiger partial charge in [0.05, 0.1) is 11.7 Å². The van der Waals surface area contributed by atoms with E-state index in [4.69, 9.17) is 4.74 Å². The van der Waals surface area contributed by atoms with Gasteiger partial charge in [-0.15, -0.1) is 11.3 Å². The van der Waals surface area contributed by atoms with Crippen molar-refractivity contribution in [2.45, 2.75) is 13.8 Å². The second-order valence-electron chi connectivity index (χ2n) is 5.98. The van der Waals surface area contributed by atoms with E-state index in [1.807, 2.05) is 19.1 Å². The number of carbonyl (C=O) groups excluding carboxylic acids is 2. The normalized spacial score (nSPS) is 10.8. The van der Waals surface area contributed by atoms with Crippen molar-refractivity contribution in [1.82, 2.24) is 9.55 Å². The molecule has 0 fully saturated rings. The number of hydrogen-bond acceptors (Lipinski definition) is 6. The number of anilines is 1. The highest BCUT2D eigenvalue weighted by Gasteiger charge is 2.21. The van der Waals surface area contributed by atoms with Crippen LogP contribution in [0.2, 0.25) is 0 Å². The van der Waals surface area contributed by atoms with Crippen LogP contribution in [0.1, 0.15) is 20.8 Å². The molecule has 2 heterocycles. The molecule has 27 heavy (non-hydrogen) atoms. The molecule has 0 radical (unpaired) electrons. The van der Waals surface area contributed by atoms with Gasteiger partial charge in [-0.3, -0.25) is 9.59 Å². The van der Waals surface area contributed by atoms with Crippen LogP contribution < -0.4 is 10.9 Å². The first-order chi connectivity index (χ1) is 12.8. The van der Waals surface area contributed by atoms with Crippen molar-refractivity contribution in [3.63, 3.8) is 0 Å². The molecule has 1 aromatic carbocycles. The second-order valence-corrected chi connectivity index (χ2v) is 7.90. The molecule has 140 valence electrons. The van der Waals surface area contributed by atoms with E-state index < -0.39 is 18.5 Å². The quantitative estimate of drug-likeness (QED) is 0.617. The van der Waals surface area contributed by atoms with Gasteiger partial charge in [0.25, 0.3) is 11.5 Å². The molecule has 7 nitrogen and oxygen atoms in total. The fourth-order valence-corrected chi connectivity index (χ4v) is 4.06. The SMILES string of the molecule is Cc1cc(Br)ccc1NC(=O)COC(=O)c1sc2ncn(C)c(=O)c2c1C. The lowest BCUT2D eigenvalue weighted by molar-refractivity contribution is -0.119. The summed E-state index contributed by atoms with van der Waals surface area (Å²) in [5.41, 5.74) is 1.81. The van der Waals surface area contributed by atoms with Gasteiger partial charge in [0.1, 0.15) is 9.71 Å². The average Bonchev–Trinajstić information content (AvgIpc) is 2.96. The number of thiophene rings is 1. The largest absolute Gasteiger partial charge is 0.451 e.